The Bertz CT molecular complexity index is 1470. The molecular formula is C26H15Cl2NO3. The van der Waals surface area contributed by atoms with Crippen LogP contribution in [0.1, 0.15) is 16.1 Å². The first-order chi connectivity index (χ1) is 15.6. The first-order valence-electron chi connectivity index (χ1n) is 9.81. The fourth-order valence-corrected chi connectivity index (χ4v) is 3.69. The predicted molar refractivity (Wildman–Crippen MR) is 127 cm³/mol. The molecule has 0 aliphatic carbocycles. The van der Waals surface area contributed by atoms with Gasteiger partial charge in [-0.05, 0) is 54.1 Å². The summed E-state index contributed by atoms with van der Waals surface area (Å²) in [6.07, 6.45) is 3.22. The first kappa shape index (κ1) is 20.3. The summed E-state index contributed by atoms with van der Waals surface area (Å²) in [4.78, 5) is 12.6. The van der Waals surface area contributed by atoms with E-state index in [-0.39, 0.29) is 11.5 Å². The van der Waals surface area contributed by atoms with E-state index in [1.54, 1.807) is 36.4 Å². The van der Waals surface area contributed by atoms with Gasteiger partial charge in [-0.25, -0.2) is 0 Å². The number of aromatic nitrogens is 1. The van der Waals surface area contributed by atoms with E-state index in [9.17, 15) is 4.79 Å². The lowest BCUT2D eigenvalue weighted by molar-refractivity contribution is 0.102. The Morgan fingerprint density at radius 2 is 1.69 bits per heavy atom. The third-order valence-corrected chi connectivity index (χ3v) is 5.76. The summed E-state index contributed by atoms with van der Waals surface area (Å²) in [6, 6.07) is 24.0. The van der Waals surface area contributed by atoms with E-state index in [4.69, 9.17) is 32.1 Å². The summed E-state index contributed by atoms with van der Waals surface area (Å²) < 4.78 is 11.3. The van der Waals surface area contributed by atoms with E-state index >= 15 is 0 Å². The van der Waals surface area contributed by atoms with E-state index < -0.39 is 0 Å². The van der Waals surface area contributed by atoms with Gasteiger partial charge in [-0.2, -0.15) is 0 Å². The van der Waals surface area contributed by atoms with Gasteiger partial charge in [0.2, 0.25) is 5.78 Å². The standard InChI is InChI=1S/C26H15Cl2NO3/c27-20-9-8-18(15-21(20)28)24-12-13-25(31-24)23(30)11-7-16-6-10-22-19(14-16)26(32-29-22)17-4-2-1-3-5-17/h1-15H/b11-7+. The smallest absolute Gasteiger partial charge is 0.221 e. The molecule has 2 aromatic heterocycles. The van der Waals surface area contributed by atoms with Gasteiger partial charge in [0.25, 0.3) is 0 Å². The summed E-state index contributed by atoms with van der Waals surface area (Å²) in [6.45, 7) is 0. The minimum absolute atomic E-state index is 0.235. The van der Waals surface area contributed by atoms with Gasteiger partial charge in [0, 0.05) is 11.1 Å². The number of benzene rings is 3. The Kier molecular flexibility index (Phi) is 5.39. The molecule has 0 N–H and O–H groups in total. The van der Waals surface area contributed by atoms with Gasteiger partial charge in [0.05, 0.1) is 15.4 Å². The maximum Gasteiger partial charge on any atom is 0.221 e. The summed E-state index contributed by atoms with van der Waals surface area (Å²) >= 11 is 12.0. The highest BCUT2D eigenvalue weighted by molar-refractivity contribution is 6.42. The minimum atomic E-state index is -0.245. The van der Waals surface area contributed by atoms with Crippen LogP contribution in [0.5, 0.6) is 0 Å². The van der Waals surface area contributed by atoms with Crippen LogP contribution in [-0.4, -0.2) is 10.9 Å². The van der Waals surface area contributed by atoms with Crippen LogP contribution in [0.15, 0.2) is 93.9 Å². The van der Waals surface area contributed by atoms with Gasteiger partial charge in [-0.1, -0.05) is 70.8 Å². The molecule has 5 aromatic rings. The summed E-state index contributed by atoms with van der Waals surface area (Å²) in [5.41, 5.74) is 3.29. The van der Waals surface area contributed by atoms with Crippen LogP contribution in [0.25, 0.3) is 39.6 Å². The first-order valence-corrected chi connectivity index (χ1v) is 10.6. The van der Waals surface area contributed by atoms with E-state index in [1.165, 1.54) is 6.08 Å². The Hall–Kier alpha value is -3.60. The van der Waals surface area contributed by atoms with Crippen molar-refractivity contribution < 1.29 is 13.7 Å². The lowest BCUT2D eigenvalue weighted by Gasteiger charge is -2.00. The third kappa shape index (κ3) is 3.98. The topological polar surface area (TPSA) is 56.2 Å². The molecule has 0 bridgehead atoms. The van der Waals surface area contributed by atoms with Crippen molar-refractivity contribution in [3.8, 4) is 22.6 Å². The number of carbonyl (C=O) groups excluding carboxylic acids is 1. The largest absolute Gasteiger partial charge is 0.453 e. The second-order valence-corrected chi connectivity index (χ2v) is 7.96. The second kappa shape index (κ2) is 8.50. The molecule has 0 amide bonds. The number of fused-ring (bicyclic) bond motifs is 1. The van der Waals surface area contributed by atoms with E-state index in [1.807, 2.05) is 48.5 Å². The highest BCUT2D eigenvalue weighted by Crippen LogP contribution is 2.31. The molecule has 6 heteroatoms. The Labute approximate surface area is 193 Å². The van der Waals surface area contributed by atoms with Crippen molar-refractivity contribution in [1.82, 2.24) is 5.16 Å². The summed E-state index contributed by atoms with van der Waals surface area (Å²) in [5, 5.41) is 5.89. The average molecular weight is 460 g/mol. The van der Waals surface area contributed by atoms with Crippen LogP contribution in [0.2, 0.25) is 10.0 Å². The molecule has 5 rings (SSSR count). The SMILES string of the molecule is O=C(/C=C/c1ccc2noc(-c3ccccc3)c2c1)c1ccc(-c2ccc(Cl)c(Cl)c2)o1. The Morgan fingerprint density at radius 1 is 0.844 bits per heavy atom. The van der Waals surface area contributed by atoms with Crippen LogP contribution >= 0.6 is 23.2 Å². The fourth-order valence-electron chi connectivity index (χ4n) is 3.39. The van der Waals surface area contributed by atoms with Crippen LogP contribution < -0.4 is 0 Å². The van der Waals surface area contributed by atoms with Crippen molar-refractivity contribution >= 4 is 46.0 Å². The van der Waals surface area contributed by atoms with E-state index in [0.29, 0.717) is 21.6 Å². The molecule has 32 heavy (non-hydrogen) atoms. The number of ketones is 1. The van der Waals surface area contributed by atoms with E-state index in [0.717, 1.165) is 27.6 Å². The molecular weight excluding hydrogens is 445 g/mol. The number of furan rings is 1. The van der Waals surface area contributed by atoms with Gasteiger partial charge in [-0.3, -0.25) is 4.79 Å². The molecule has 0 saturated heterocycles. The van der Waals surface area contributed by atoms with Gasteiger partial charge in [0.15, 0.2) is 11.5 Å². The zero-order valence-corrected chi connectivity index (χ0v) is 18.1. The van der Waals surface area contributed by atoms with Gasteiger partial charge in [0.1, 0.15) is 11.3 Å². The number of carbonyl (C=O) groups is 1. The van der Waals surface area contributed by atoms with Crippen LogP contribution in [0.4, 0.5) is 0 Å². The van der Waals surface area contributed by atoms with Crippen molar-refractivity contribution in [2.45, 2.75) is 0 Å². The highest BCUT2D eigenvalue weighted by atomic mass is 35.5. The molecule has 0 radical (unpaired) electrons. The molecule has 0 fully saturated rings. The molecule has 4 nitrogen and oxygen atoms in total. The molecule has 0 aliphatic rings. The fraction of sp³-hybridized carbons (Fsp3) is 0. The monoisotopic (exact) mass is 459 g/mol. The zero-order valence-electron chi connectivity index (χ0n) is 16.6. The maximum atomic E-state index is 12.6. The van der Waals surface area contributed by atoms with Gasteiger partial charge >= 0.3 is 0 Å². The van der Waals surface area contributed by atoms with Crippen LogP contribution in [0, 0.1) is 0 Å². The summed E-state index contributed by atoms with van der Waals surface area (Å²) in [7, 11) is 0. The summed E-state index contributed by atoms with van der Waals surface area (Å²) in [5.74, 6) is 1.22. The normalized spacial score (nSPS) is 11.4. The molecule has 3 aromatic carbocycles. The quantitative estimate of drug-likeness (QED) is 0.197. The Morgan fingerprint density at radius 3 is 2.50 bits per heavy atom. The zero-order chi connectivity index (χ0) is 22.1. The number of allylic oxidation sites excluding steroid dienone is 1. The second-order valence-electron chi connectivity index (χ2n) is 7.14. The maximum absolute atomic E-state index is 12.6. The van der Waals surface area contributed by atoms with Crippen molar-refractivity contribution in [3.63, 3.8) is 0 Å². The lowest BCUT2D eigenvalue weighted by atomic mass is 10.1. The number of halogens is 2. The van der Waals surface area contributed by atoms with Crippen LogP contribution in [0.3, 0.4) is 0 Å². The average Bonchev–Trinajstić information content (AvgIpc) is 3.47. The molecule has 0 atom stereocenters. The van der Waals surface area contributed by atoms with Crippen molar-refractivity contribution in [2.24, 2.45) is 0 Å². The van der Waals surface area contributed by atoms with E-state index in [2.05, 4.69) is 5.16 Å². The molecule has 2 heterocycles. The lowest BCUT2D eigenvalue weighted by Crippen LogP contribution is -1.90. The van der Waals surface area contributed by atoms with Crippen molar-refractivity contribution in [2.75, 3.05) is 0 Å². The molecule has 0 aliphatic heterocycles. The van der Waals surface area contributed by atoms with Gasteiger partial charge in [-0.15, -0.1) is 0 Å². The number of hydrogen-bond donors (Lipinski definition) is 0. The van der Waals surface area contributed by atoms with Crippen LogP contribution in [-0.2, 0) is 0 Å². The molecule has 0 spiro atoms. The molecule has 0 saturated carbocycles. The predicted octanol–water partition coefficient (Wildman–Crippen LogP) is 7.96. The minimum Gasteiger partial charge on any atom is -0.453 e. The molecule has 156 valence electrons. The number of hydrogen-bond acceptors (Lipinski definition) is 4. The van der Waals surface area contributed by atoms with Gasteiger partial charge < -0.3 is 8.94 Å². The number of nitrogens with zero attached hydrogens (tertiary/aromatic N) is 1. The number of rotatable bonds is 5. The molecule has 0 unspecified atom stereocenters. The van der Waals surface area contributed by atoms with Crippen molar-refractivity contribution in [1.29, 1.82) is 0 Å². The highest BCUT2D eigenvalue weighted by Gasteiger charge is 2.13. The van der Waals surface area contributed by atoms with Crippen molar-refractivity contribution in [3.05, 3.63) is 106 Å². The third-order valence-electron chi connectivity index (χ3n) is 5.02. The Balaban J connectivity index is 1.39.